The molecular weight excluding hydrogens is 241 g/mol. The van der Waals surface area contributed by atoms with Crippen molar-refractivity contribution in [3.8, 4) is 0 Å². The van der Waals surface area contributed by atoms with Crippen molar-refractivity contribution in [1.29, 1.82) is 0 Å². The lowest BCUT2D eigenvalue weighted by Crippen LogP contribution is -2.03. The lowest BCUT2D eigenvalue weighted by molar-refractivity contribution is 1.16. The molecule has 3 nitrogen and oxygen atoms in total. The largest absolute Gasteiger partial charge is 0.363 e. The van der Waals surface area contributed by atoms with Gasteiger partial charge in [0.05, 0.1) is 0 Å². The van der Waals surface area contributed by atoms with Gasteiger partial charge in [0.1, 0.15) is 0 Å². The number of hydrogen-bond donors (Lipinski definition) is 1. The van der Waals surface area contributed by atoms with Crippen LogP contribution in [-0.2, 0) is 0 Å². The normalized spacial score (nSPS) is 9.50. The molecule has 0 spiro atoms. The van der Waals surface area contributed by atoms with Crippen molar-refractivity contribution in [2.45, 2.75) is 0 Å². The highest BCUT2D eigenvalue weighted by Crippen LogP contribution is 2.14. The molecule has 1 rings (SSSR count). The molecule has 0 aliphatic carbocycles. The highest BCUT2D eigenvalue weighted by atomic mass is 79.9. The lowest BCUT2D eigenvalue weighted by Gasteiger charge is -2.03. The molecule has 1 aromatic rings. The lowest BCUT2D eigenvalue weighted by atomic mass is 10.6. The van der Waals surface area contributed by atoms with Crippen molar-refractivity contribution < 1.29 is 0 Å². The Labute approximate surface area is 84.0 Å². The Morgan fingerprint density at radius 1 is 1.58 bits per heavy atom. The van der Waals surface area contributed by atoms with Crippen molar-refractivity contribution >= 4 is 33.3 Å². The van der Waals surface area contributed by atoms with Crippen LogP contribution in [0, 0.1) is 0 Å². The first kappa shape index (κ1) is 9.48. The summed E-state index contributed by atoms with van der Waals surface area (Å²) in [5.74, 6) is 0.569. The molecule has 0 aliphatic heterocycles. The predicted octanol–water partition coefficient (Wildman–Crippen LogP) is 2.45. The van der Waals surface area contributed by atoms with Gasteiger partial charge in [-0.15, -0.1) is 0 Å². The van der Waals surface area contributed by atoms with Crippen LogP contribution in [0.1, 0.15) is 0 Å². The fraction of sp³-hybridized carbons (Fsp3) is 0.143. The number of rotatable bonds is 3. The molecule has 5 heteroatoms. The smallest absolute Gasteiger partial charge is 0.171 e. The average molecular weight is 249 g/mol. The van der Waals surface area contributed by atoms with E-state index < -0.39 is 0 Å². The second-order valence-corrected chi connectivity index (χ2v) is 3.55. The third-order valence-electron chi connectivity index (χ3n) is 1.10. The van der Waals surface area contributed by atoms with Gasteiger partial charge >= 0.3 is 0 Å². The zero-order valence-electron chi connectivity index (χ0n) is 6.22. The first-order chi connectivity index (χ1) is 5.70. The van der Waals surface area contributed by atoms with Gasteiger partial charge in [-0.25, -0.2) is 9.97 Å². The molecule has 1 heterocycles. The predicted molar refractivity (Wildman–Crippen MR) is 53.6 cm³/mol. The van der Waals surface area contributed by atoms with Crippen molar-refractivity contribution in [1.82, 2.24) is 9.97 Å². The van der Waals surface area contributed by atoms with E-state index in [1.807, 2.05) is 0 Å². The minimum absolute atomic E-state index is 0.367. The number of halogens is 2. The summed E-state index contributed by atoms with van der Waals surface area (Å²) in [6, 6.07) is 0. The highest BCUT2D eigenvalue weighted by Gasteiger charge is 1.99. The Kier molecular flexibility index (Phi) is 3.49. The summed E-state index contributed by atoms with van der Waals surface area (Å²) in [6.07, 6.45) is 3.11. The summed E-state index contributed by atoms with van der Waals surface area (Å²) >= 11 is 8.93. The van der Waals surface area contributed by atoms with Crippen LogP contribution in [-0.4, -0.2) is 16.5 Å². The number of anilines is 1. The van der Waals surface area contributed by atoms with E-state index in [2.05, 4.69) is 37.8 Å². The van der Waals surface area contributed by atoms with Crippen LogP contribution < -0.4 is 5.32 Å². The van der Waals surface area contributed by atoms with Crippen molar-refractivity contribution in [3.63, 3.8) is 0 Å². The van der Waals surface area contributed by atoms with Crippen LogP contribution in [0.3, 0.4) is 0 Å². The van der Waals surface area contributed by atoms with Crippen LogP contribution in [0.4, 0.5) is 5.82 Å². The third-order valence-corrected chi connectivity index (χ3v) is 1.66. The first-order valence-corrected chi connectivity index (χ1v) is 4.41. The van der Waals surface area contributed by atoms with Gasteiger partial charge in [0, 0.05) is 23.4 Å². The van der Waals surface area contributed by atoms with Crippen molar-refractivity contribution in [2.24, 2.45) is 0 Å². The summed E-state index contributed by atoms with van der Waals surface area (Å²) in [4.78, 5) is 7.84. The number of aromatic nitrogens is 2. The number of hydrogen-bond acceptors (Lipinski definition) is 3. The molecule has 0 saturated heterocycles. The van der Waals surface area contributed by atoms with Gasteiger partial charge in [-0.05, 0) is 0 Å². The molecule has 1 aromatic heterocycles. The van der Waals surface area contributed by atoms with Gasteiger partial charge in [0.25, 0.3) is 0 Å². The quantitative estimate of drug-likeness (QED) is 0.893. The van der Waals surface area contributed by atoms with Crippen LogP contribution in [0.25, 0.3) is 0 Å². The van der Waals surface area contributed by atoms with E-state index in [0.29, 0.717) is 17.5 Å². The molecule has 64 valence electrons. The summed E-state index contributed by atoms with van der Waals surface area (Å²) in [5.41, 5.74) is 0. The maximum Gasteiger partial charge on any atom is 0.171 e. The summed E-state index contributed by atoms with van der Waals surface area (Å²) in [6.45, 7) is 4.24. The minimum Gasteiger partial charge on any atom is -0.363 e. The Hall–Kier alpha value is -0.610. The second kappa shape index (κ2) is 4.42. The van der Waals surface area contributed by atoms with Gasteiger partial charge in [-0.2, -0.15) is 0 Å². The van der Waals surface area contributed by atoms with Gasteiger partial charge in [-0.1, -0.05) is 34.1 Å². The maximum absolute atomic E-state index is 5.73. The molecule has 0 bridgehead atoms. The molecule has 0 amide bonds. The van der Waals surface area contributed by atoms with E-state index in [0.717, 1.165) is 4.48 Å². The zero-order chi connectivity index (χ0) is 8.97. The van der Waals surface area contributed by atoms with Gasteiger partial charge in [0.15, 0.2) is 11.0 Å². The van der Waals surface area contributed by atoms with Crippen LogP contribution >= 0.6 is 27.5 Å². The monoisotopic (exact) mass is 247 g/mol. The molecule has 1 N–H and O–H groups in total. The van der Waals surface area contributed by atoms with Gasteiger partial charge < -0.3 is 5.32 Å². The van der Waals surface area contributed by atoms with Gasteiger partial charge in [-0.3, -0.25) is 0 Å². The Morgan fingerprint density at radius 3 is 2.83 bits per heavy atom. The fourth-order valence-electron chi connectivity index (χ4n) is 0.619. The van der Waals surface area contributed by atoms with Crippen LogP contribution in [0.5, 0.6) is 0 Å². The van der Waals surface area contributed by atoms with E-state index in [-0.39, 0.29) is 0 Å². The molecule has 0 fully saturated rings. The molecule has 12 heavy (non-hydrogen) atoms. The van der Waals surface area contributed by atoms with E-state index in [9.17, 15) is 0 Å². The minimum atomic E-state index is 0.367. The van der Waals surface area contributed by atoms with E-state index in [1.165, 1.54) is 6.20 Å². The summed E-state index contributed by atoms with van der Waals surface area (Å²) in [7, 11) is 0. The Balaban J connectivity index is 2.63. The number of nitrogens with one attached hydrogen (secondary N) is 1. The Bertz CT molecular complexity index is 290. The Morgan fingerprint density at radius 2 is 2.25 bits per heavy atom. The SMILES string of the molecule is C=C(Br)CNc1nccnc1Cl. The topological polar surface area (TPSA) is 37.8 Å². The molecule has 0 atom stereocenters. The molecule has 0 unspecified atom stereocenters. The van der Waals surface area contributed by atoms with E-state index in [1.54, 1.807) is 6.20 Å². The van der Waals surface area contributed by atoms with E-state index in [4.69, 9.17) is 11.6 Å². The molecule has 0 aromatic carbocycles. The molecular formula is C7H7BrClN3. The maximum atomic E-state index is 5.73. The van der Waals surface area contributed by atoms with Crippen LogP contribution in [0.15, 0.2) is 23.5 Å². The second-order valence-electron chi connectivity index (χ2n) is 2.07. The zero-order valence-corrected chi connectivity index (χ0v) is 8.56. The third kappa shape index (κ3) is 2.79. The molecule has 0 aliphatic rings. The van der Waals surface area contributed by atoms with Gasteiger partial charge in [0.2, 0.25) is 0 Å². The fourth-order valence-corrected chi connectivity index (χ4v) is 0.931. The highest BCUT2D eigenvalue weighted by molar-refractivity contribution is 9.11. The van der Waals surface area contributed by atoms with Crippen molar-refractivity contribution in [2.75, 3.05) is 11.9 Å². The average Bonchev–Trinajstić information content (AvgIpc) is 2.03. The summed E-state index contributed by atoms with van der Waals surface area (Å²) < 4.78 is 0.837. The first-order valence-electron chi connectivity index (χ1n) is 3.24. The standard InChI is InChI=1S/C7H7BrClN3/c1-5(8)4-12-7-6(9)10-2-3-11-7/h2-3H,1,4H2,(H,11,12). The van der Waals surface area contributed by atoms with E-state index >= 15 is 0 Å². The number of nitrogens with zero attached hydrogens (tertiary/aromatic N) is 2. The van der Waals surface area contributed by atoms with Crippen molar-refractivity contribution in [3.05, 3.63) is 28.6 Å². The molecule has 0 saturated carbocycles. The summed E-state index contributed by atoms with van der Waals surface area (Å²) in [5, 5.41) is 3.33. The molecule has 0 radical (unpaired) electrons. The van der Waals surface area contributed by atoms with Crippen LogP contribution in [0.2, 0.25) is 5.15 Å².